The molecule has 7 heteroatoms. The predicted molar refractivity (Wildman–Crippen MR) is 82.4 cm³/mol. The van der Waals surface area contributed by atoms with E-state index in [9.17, 15) is 13.2 Å². The van der Waals surface area contributed by atoms with Gasteiger partial charge in [0.05, 0.1) is 18.8 Å². The van der Waals surface area contributed by atoms with Gasteiger partial charge in [-0.1, -0.05) is 6.42 Å². The van der Waals surface area contributed by atoms with Crippen molar-refractivity contribution in [3.8, 4) is 0 Å². The molecule has 2 unspecified atom stereocenters. The average molecular weight is 320 g/mol. The Kier molecular flexibility index (Phi) is 6.62. The molecule has 1 fully saturated rings. The summed E-state index contributed by atoms with van der Waals surface area (Å²) < 4.78 is 30.3. The van der Waals surface area contributed by atoms with Crippen LogP contribution in [0.15, 0.2) is 0 Å². The van der Waals surface area contributed by atoms with Crippen LogP contribution in [-0.4, -0.2) is 45.4 Å². The first-order valence-electron chi connectivity index (χ1n) is 7.52. The van der Waals surface area contributed by atoms with Gasteiger partial charge in [-0.15, -0.1) is 0 Å². The summed E-state index contributed by atoms with van der Waals surface area (Å²) in [5.74, 6) is -0.153. The van der Waals surface area contributed by atoms with Crippen molar-refractivity contribution in [1.82, 2.24) is 10.0 Å². The fourth-order valence-corrected chi connectivity index (χ4v) is 3.86. The van der Waals surface area contributed by atoms with Crippen molar-refractivity contribution in [2.45, 2.75) is 58.0 Å². The molecule has 6 nitrogen and oxygen atoms in total. The van der Waals surface area contributed by atoms with Crippen LogP contribution >= 0.6 is 0 Å². The van der Waals surface area contributed by atoms with Crippen LogP contribution in [0.2, 0.25) is 0 Å². The number of rotatable bonds is 7. The first kappa shape index (κ1) is 18.4. The highest BCUT2D eigenvalue weighted by Gasteiger charge is 2.30. The smallest absolute Gasteiger partial charge is 0.308 e. The van der Waals surface area contributed by atoms with E-state index in [1.54, 1.807) is 0 Å². The minimum atomic E-state index is -3.23. The third kappa shape index (κ3) is 7.24. The van der Waals surface area contributed by atoms with E-state index in [2.05, 4.69) is 10.0 Å². The molecule has 0 heterocycles. The second kappa shape index (κ2) is 7.56. The number of ether oxygens (including phenoxy) is 1. The van der Waals surface area contributed by atoms with E-state index in [4.69, 9.17) is 4.74 Å². The average Bonchev–Trinajstić information content (AvgIpc) is 2.34. The Morgan fingerprint density at radius 3 is 2.57 bits per heavy atom. The van der Waals surface area contributed by atoms with Crippen LogP contribution < -0.4 is 10.0 Å². The Bertz CT molecular complexity index is 448. The van der Waals surface area contributed by atoms with Gasteiger partial charge in [-0.3, -0.25) is 4.79 Å². The largest absolute Gasteiger partial charge is 0.466 e. The third-order valence-corrected chi connectivity index (χ3v) is 4.51. The SMILES string of the molecule is CCOC(=O)C1CCCC(NCC(C)(C)NS(C)(=O)=O)C1. The molecule has 21 heavy (non-hydrogen) atoms. The van der Waals surface area contributed by atoms with Gasteiger partial charge in [0, 0.05) is 18.1 Å². The van der Waals surface area contributed by atoms with Crippen LogP contribution in [0.1, 0.15) is 46.5 Å². The molecule has 0 aromatic rings. The van der Waals surface area contributed by atoms with Crippen molar-refractivity contribution in [2.24, 2.45) is 5.92 Å². The molecule has 0 radical (unpaired) electrons. The Balaban J connectivity index is 2.46. The zero-order valence-corrected chi connectivity index (χ0v) is 14.3. The number of nitrogens with one attached hydrogen (secondary N) is 2. The van der Waals surface area contributed by atoms with Gasteiger partial charge in [0.2, 0.25) is 10.0 Å². The summed E-state index contributed by atoms with van der Waals surface area (Å²) >= 11 is 0. The first-order valence-corrected chi connectivity index (χ1v) is 9.41. The number of hydrogen-bond donors (Lipinski definition) is 2. The normalized spacial score (nSPS) is 23.8. The molecule has 0 aromatic carbocycles. The second-order valence-corrected chi connectivity index (χ2v) is 8.20. The Hall–Kier alpha value is -0.660. The number of carbonyl (C=O) groups excluding carboxylic acids is 1. The third-order valence-electron chi connectivity index (χ3n) is 3.59. The Morgan fingerprint density at radius 2 is 2.00 bits per heavy atom. The van der Waals surface area contributed by atoms with Gasteiger partial charge in [-0.05, 0) is 40.0 Å². The highest BCUT2D eigenvalue weighted by Crippen LogP contribution is 2.25. The predicted octanol–water partition coefficient (Wildman–Crippen LogP) is 1.03. The molecule has 1 saturated carbocycles. The van der Waals surface area contributed by atoms with Crippen molar-refractivity contribution >= 4 is 16.0 Å². The molecule has 0 saturated heterocycles. The first-order chi connectivity index (χ1) is 9.63. The lowest BCUT2D eigenvalue weighted by Crippen LogP contribution is -2.52. The molecule has 124 valence electrons. The molecule has 0 amide bonds. The van der Waals surface area contributed by atoms with E-state index in [1.165, 1.54) is 0 Å². The Morgan fingerprint density at radius 1 is 1.33 bits per heavy atom. The summed E-state index contributed by atoms with van der Waals surface area (Å²) in [6.45, 7) is 6.44. The standard InChI is InChI=1S/C14H28N2O4S/c1-5-20-13(17)11-7-6-8-12(9-11)15-10-14(2,3)16-21(4,18)19/h11-12,15-16H,5-10H2,1-4H3. The molecular formula is C14H28N2O4S. The maximum atomic E-state index is 11.8. The summed E-state index contributed by atoms with van der Waals surface area (Å²) in [6.07, 6.45) is 4.79. The fraction of sp³-hybridized carbons (Fsp3) is 0.929. The quantitative estimate of drug-likeness (QED) is 0.684. The highest BCUT2D eigenvalue weighted by atomic mass is 32.2. The summed E-state index contributed by atoms with van der Waals surface area (Å²) in [5, 5.41) is 3.38. The molecule has 2 atom stereocenters. The molecule has 0 bridgehead atoms. The van der Waals surface area contributed by atoms with Gasteiger partial charge in [-0.25, -0.2) is 13.1 Å². The van der Waals surface area contributed by atoms with Crippen LogP contribution in [0.5, 0.6) is 0 Å². The topological polar surface area (TPSA) is 84.5 Å². The van der Waals surface area contributed by atoms with Crippen molar-refractivity contribution in [3.05, 3.63) is 0 Å². The van der Waals surface area contributed by atoms with E-state index in [0.717, 1.165) is 31.9 Å². The van der Waals surface area contributed by atoms with Crippen LogP contribution in [0, 0.1) is 5.92 Å². The molecule has 1 rings (SSSR count). The lowest BCUT2D eigenvalue weighted by molar-refractivity contribution is -0.149. The molecular weight excluding hydrogens is 292 g/mol. The lowest BCUT2D eigenvalue weighted by atomic mass is 9.85. The minimum absolute atomic E-state index is 0.0396. The molecule has 0 aliphatic heterocycles. The maximum absolute atomic E-state index is 11.8. The zero-order valence-electron chi connectivity index (χ0n) is 13.4. The van der Waals surface area contributed by atoms with Crippen LogP contribution in [0.25, 0.3) is 0 Å². The minimum Gasteiger partial charge on any atom is -0.466 e. The number of sulfonamides is 1. The zero-order chi connectivity index (χ0) is 16.1. The highest BCUT2D eigenvalue weighted by molar-refractivity contribution is 7.88. The van der Waals surface area contributed by atoms with E-state index in [-0.39, 0.29) is 17.9 Å². The van der Waals surface area contributed by atoms with Gasteiger partial charge in [0.15, 0.2) is 0 Å². The summed E-state index contributed by atoms with van der Waals surface area (Å²) in [5.41, 5.74) is -0.551. The summed E-state index contributed by atoms with van der Waals surface area (Å²) in [4.78, 5) is 11.8. The number of carbonyl (C=O) groups is 1. The van der Waals surface area contributed by atoms with Gasteiger partial charge in [0.25, 0.3) is 0 Å². The van der Waals surface area contributed by atoms with Gasteiger partial charge in [0.1, 0.15) is 0 Å². The van der Waals surface area contributed by atoms with Gasteiger partial charge in [-0.2, -0.15) is 0 Å². The van der Waals surface area contributed by atoms with E-state index < -0.39 is 15.6 Å². The molecule has 1 aliphatic rings. The van der Waals surface area contributed by atoms with Gasteiger partial charge >= 0.3 is 5.97 Å². The monoisotopic (exact) mass is 320 g/mol. The van der Waals surface area contributed by atoms with Crippen LogP contribution in [-0.2, 0) is 19.6 Å². The maximum Gasteiger partial charge on any atom is 0.308 e. The number of esters is 1. The van der Waals surface area contributed by atoms with Gasteiger partial charge < -0.3 is 10.1 Å². The van der Waals surface area contributed by atoms with Crippen molar-refractivity contribution < 1.29 is 17.9 Å². The fourth-order valence-electron chi connectivity index (χ4n) is 2.79. The van der Waals surface area contributed by atoms with E-state index in [0.29, 0.717) is 13.2 Å². The van der Waals surface area contributed by atoms with Crippen LogP contribution in [0.4, 0.5) is 0 Å². The van der Waals surface area contributed by atoms with Crippen molar-refractivity contribution in [3.63, 3.8) is 0 Å². The second-order valence-electron chi connectivity index (χ2n) is 6.45. The molecule has 0 aromatic heterocycles. The summed E-state index contributed by atoms with van der Waals surface area (Å²) in [6, 6.07) is 0.230. The van der Waals surface area contributed by atoms with E-state index >= 15 is 0 Å². The van der Waals surface area contributed by atoms with E-state index in [1.807, 2.05) is 20.8 Å². The summed E-state index contributed by atoms with van der Waals surface area (Å²) in [7, 11) is -3.23. The van der Waals surface area contributed by atoms with Crippen molar-refractivity contribution in [2.75, 3.05) is 19.4 Å². The molecule has 0 spiro atoms. The molecule has 1 aliphatic carbocycles. The van der Waals surface area contributed by atoms with Crippen molar-refractivity contribution in [1.29, 1.82) is 0 Å². The molecule has 2 N–H and O–H groups in total. The lowest BCUT2D eigenvalue weighted by Gasteiger charge is -2.32. The Labute approximate surface area is 128 Å². The van der Waals surface area contributed by atoms with Crippen LogP contribution in [0.3, 0.4) is 0 Å². The number of hydrogen-bond acceptors (Lipinski definition) is 5.